The number of furan rings is 2. The number of benzene rings is 2. The quantitative estimate of drug-likeness (QED) is 0.435. The molecule has 2 heterocycles. The van der Waals surface area contributed by atoms with Gasteiger partial charge >= 0.3 is 5.97 Å². The Kier molecular flexibility index (Phi) is 5.09. The van der Waals surface area contributed by atoms with Crippen molar-refractivity contribution in [3.8, 4) is 11.3 Å². The van der Waals surface area contributed by atoms with Gasteiger partial charge in [0, 0.05) is 16.3 Å². The molecule has 4 rings (SSSR count). The number of carbonyl (C=O) groups is 1. The molecule has 0 aliphatic heterocycles. The molecule has 2 aromatic carbocycles. The molecule has 0 amide bonds. The second kappa shape index (κ2) is 7.46. The molecule has 0 saturated heterocycles. The molecule has 2 aromatic heterocycles. The highest BCUT2D eigenvalue weighted by molar-refractivity contribution is 7.89. The summed E-state index contributed by atoms with van der Waals surface area (Å²) >= 11 is 5.84. The average molecular weight is 448 g/mol. The molecule has 0 radical (unpaired) electrons. The number of carboxylic acid groups (broad SMARTS) is 1. The molecular formula is C21H18ClNO6S. The molecule has 1 atom stereocenters. The van der Waals surface area contributed by atoms with Crippen molar-refractivity contribution < 1.29 is 27.2 Å². The van der Waals surface area contributed by atoms with Gasteiger partial charge in [-0.1, -0.05) is 19.9 Å². The lowest BCUT2D eigenvalue weighted by atomic mass is 10.1. The summed E-state index contributed by atoms with van der Waals surface area (Å²) in [5, 5.41) is 10.9. The summed E-state index contributed by atoms with van der Waals surface area (Å²) in [6, 6.07) is 12.0. The molecule has 9 heteroatoms. The molecular weight excluding hydrogens is 430 g/mol. The van der Waals surface area contributed by atoms with Gasteiger partial charge in [-0.25, -0.2) is 8.42 Å². The van der Waals surface area contributed by atoms with Crippen LogP contribution in [0, 0.1) is 5.92 Å². The molecule has 0 spiro atoms. The first-order valence-electron chi connectivity index (χ1n) is 9.13. The number of aliphatic carboxylic acids is 1. The Morgan fingerprint density at radius 3 is 2.40 bits per heavy atom. The van der Waals surface area contributed by atoms with Crippen LogP contribution in [-0.4, -0.2) is 25.5 Å². The van der Waals surface area contributed by atoms with Crippen molar-refractivity contribution >= 4 is 49.5 Å². The highest BCUT2D eigenvalue weighted by Gasteiger charge is 2.28. The lowest BCUT2D eigenvalue weighted by Crippen LogP contribution is -2.44. The minimum absolute atomic E-state index is 0.0357. The Morgan fingerprint density at radius 2 is 1.77 bits per heavy atom. The number of carboxylic acids is 1. The van der Waals surface area contributed by atoms with Crippen molar-refractivity contribution in [1.29, 1.82) is 0 Å². The van der Waals surface area contributed by atoms with Crippen LogP contribution in [0.5, 0.6) is 0 Å². The molecule has 2 N–H and O–H groups in total. The summed E-state index contributed by atoms with van der Waals surface area (Å²) in [5.41, 5.74) is 1.84. The molecule has 0 saturated carbocycles. The lowest BCUT2D eigenvalue weighted by molar-refractivity contribution is -0.140. The van der Waals surface area contributed by atoms with Crippen molar-refractivity contribution in [2.45, 2.75) is 24.8 Å². The topological polar surface area (TPSA) is 110 Å². The highest BCUT2D eigenvalue weighted by Crippen LogP contribution is 2.34. The summed E-state index contributed by atoms with van der Waals surface area (Å²) < 4.78 is 39.1. The van der Waals surface area contributed by atoms with E-state index in [0.717, 1.165) is 10.9 Å². The number of fused-ring (bicyclic) bond motifs is 3. The van der Waals surface area contributed by atoms with Gasteiger partial charge in [-0.3, -0.25) is 4.79 Å². The van der Waals surface area contributed by atoms with Gasteiger partial charge in [0.15, 0.2) is 5.22 Å². The first-order valence-corrected chi connectivity index (χ1v) is 11.0. The molecule has 0 aliphatic carbocycles. The number of nitrogens with one attached hydrogen (secondary N) is 1. The van der Waals surface area contributed by atoms with Crippen molar-refractivity contribution in [2.24, 2.45) is 5.92 Å². The maximum Gasteiger partial charge on any atom is 0.322 e. The molecule has 4 aromatic rings. The molecule has 7 nitrogen and oxygen atoms in total. The van der Waals surface area contributed by atoms with Gasteiger partial charge in [0.05, 0.1) is 4.90 Å². The monoisotopic (exact) mass is 447 g/mol. The van der Waals surface area contributed by atoms with Gasteiger partial charge in [0.2, 0.25) is 10.0 Å². The third-order valence-corrected chi connectivity index (χ3v) is 6.47. The number of hydrogen-bond donors (Lipinski definition) is 2. The Hall–Kier alpha value is -2.81. The minimum Gasteiger partial charge on any atom is -0.480 e. The molecule has 0 bridgehead atoms. The van der Waals surface area contributed by atoms with Crippen molar-refractivity contribution in [3.63, 3.8) is 0 Å². The average Bonchev–Trinajstić information content (AvgIpc) is 3.27. The molecule has 30 heavy (non-hydrogen) atoms. The summed E-state index contributed by atoms with van der Waals surface area (Å²) in [7, 11) is -4.04. The third kappa shape index (κ3) is 3.69. The predicted molar refractivity (Wildman–Crippen MR) is 113 cm³/mol. The fraction of sp³-hybridized carbons (Fsp3) is 0.190. The van der Waals surface area contributed by atoms with Gasteiger partial charge in [-0.2, -0.15) is 4.72 Å². The van der Waals surface area contributed by atoms with Crippen LogP contribution < -0.4 is 4.72 Å². The zero-order valence-corrected chi connectivity index (χ0v) is 17.6. The van der Waals surface area contributed by atoms with E-state index in [-0.39, 0.29) is 10.1 Å². The predicted octanol–water partition coefficient (Wildman–Crippen LogP) is 4.89. The van der Waals surface area contributed by atoms with E-state index < -0.39 is 28.0 Å². The maximum atomic E-state index is 12.8. The Bertz CT molecular complexity index is 1370. The smallest absolute Gasteiger partial charge is 0.322 e. The van der Waals surface area contributed by atoms with E-state index in [0.29, 0.717) is 22.3 Å². The van der Waals surface area contributed by atoms with Crippen LogP contribution in [0.15, 0.2) is 62.3 Å². The number of sulfonamides is 1. The standard InChI is InChI=1S/C21H18ClNO6S/c1-11(2)20(21(24)25)23-30(26,27)13-4-6-17-15(10-13)14-5-3-12(9-18(14)28-17)16-7-8-19(22)29-16/h3-11,20,23H,1-2H3,(H,24,25)/t20-/m1/s1. The summed E-state index contributed by atoms with van der Waals surface area (Å²) in [4.78, 5) is 11.4. The van der Waals surface area contributed by atoms with Gasteiger partial charge < -0.3 is 13.9 Å². The van der Waals surface area contributed by atoms with E-state index in [1.54, 1.807) is 38.1 Å². The Morgan fingerprint density at radius 1 is 1.00 bits per heavy atom. The SMILES string of the molecule is CC(C)[C@@H](NS(=O)(=O)c1ccc2oc3cc(-c4ccc(Cl)o4)ccc3c2c1)C(=O)O. The fourth-order valence-corrected chi connectivity index (χ4v) is 4.76. The maximum absolute atomic E-state index is 12.8. The fourth-order valence-electron chi connectivity index (χ4n) is 3.25. The summed E-state index contributed by atoms with van der Waals surface area (Å²) in [6.07, 6.45) is 0. The summed E-state index contributed by atoms with van der Waals surface area (Å²) in [6.45, 7) is 3.27. The second-order valence-corrected chi connectivity index (χ2v) is 9.34. The minimum atomic E-state index is -4.04. The number of rotatable bonds is 6. The molecule has 0 unspecified atom stereocenters. The van der Waals surface area contributed by atoms with Gasteiger partial charge in [0.1, 0.15) is 23.0 Å². The van der Waals surface area contributed by atoms with E-state index in [2.05, 4.69) is 4.72 Å². The van der Waals surface area contributed by atoms with E-state index in [1.807, 2.05) is 12.1 Å². The lowest BCUT2D eigenvalue weighted by Gasteiger charge is -2.17. The largest absolute Gasteiger partial charge is 0.480 e. The zero-order chi connectivity index (χ0) is 21.6. The van der Waals surface area contributed by atoms with E-state index >= 15 is 0 Å². The zero-order valence-electron chi connectivity index (χ0n) is 16.0. The number of hydrogen-bond acceptors (Lipinski definition) is 5. The van der Waals surface area contributed by atoms with Crippen LogP contribution in [0.2, 0.25) is 5.22 Å². The highest BCUT2D eigenvalue weighted by atomic mass is 35.5. The van der Waals surface area contributed by atoms with Crippen LogP contribution >= 0.6 is 11.6 Å². The normalized spacial score (nSPS) is 13.3. The Balaban J connectivity index is 1.76. The van der Waals surface area contributed by atoms with Crippen LogP contribution in [-0.2, 0) is 14.8 Å². The third-order valence-electron chi connectivity index (χ3n) is 4.83. The van der Waals surface area contributed by atoms with E-state index in [4.69, 9.17) is 20.4 Å². The summed E-state index contributed by atoms with van der Waals surface area (Å²) in [5.74, 6) is -1.05. The Labute approximate surface area is 177 Å². The molecule has 156 valence electrons. The number of halogens is 1. The first kappa shape index (κ1) is 20.5. The van der Waals surface area contributed by atoms with Crippen LogP contribution in [0.4, 0.5) is 0 Å². The van der Waals surface area contributed by atoms with E-state index in [9.17, 15) is 18.3 Å². The van der Waals surface area contributed by atoms with E-state index in [1.165, 1.54) is 12.1 Å². The van der Waals surface area contributed by atoms with Crippen LogP contribution in [0.3, 0.4) is 0 Å². The molecule has 0 fully saturated rings. The van der Waals surface area contributed by atoms with Gasteiger partial charge in [-0.05, 0) is 60.0 Å². The van der Waals surface area contributed by atoms with Gasteiger partial charge in [0.25, 0.3) is 0 Å². The van der Waals surface area contributed by atoms with Gasteiger partial charge in [-0.15, -0.1) is 0 Å². The second-order valence-electron chi connectivity index (χ2n) is 7.26. The van der Waals surface area contributed by atoms with Crippen molar-refractivity contribution in [1.82, 2.24) is 4.72 Å². The first-order chi connectivity index (χ1) is 14.2. The molecule has 0 aliphatic rings. The van der Waals surface area contributed by atoms with Crippen LogP contribution in [0.1, 0.15) is 13.8 Å². The van der Waals surface area contributed by atoms with Crippen molar-refractivity contribution in [2.75, 3.05) is 0 Å². The van der Waals surface area contributed by atoms with Crippen LogP contribution in [0.25, 0.3) is 33.3 Å². The van der Waals surface area contributed by atoms with Crippen molar-refractivity contribution in [3.05, 3.63) is 53.8 Å².